The predicted octanol–water partition coefficient (Wildman–Crippen LogP) is 4.72. The Morgan fingerprint density at radius 2 is 1.81 bits per heavy atom. The number of carboxylic acid groups (broad SMARTS) is 1. The predicted molar refractivity (Wildman–Crippen MR) is 154 cm³/mol. The smallest absolute Gasteiger partial charge is 0.414 e. The number of anilines is 3. The van der Waals surface area contributed by atoms with Crippen LogP contribution in [0, 0.1) is 0 Å². The van der Waals surface area contributed by atoms with Gasteiger partial charge in [0.25, 0.3) is 11.3 Å². The SMILES string of the molecule is CN(C(=O)OC(C)(C)C)c1cc(Nc2cccn([C@@H]3CCN(C(=O)OC(C)(C)C)C[C@@H]3F)c2=O)nc2c(C(=O)O)onc12. The number of nitrogens with one attached hydrogen (secondary N) is 1. The van der Waals surface area contributed by atoms with Crippen molar-refractivity contribution >= 4 is 46.4 Å². The van der Waals surface area contributed by atoms with Gasteiger partial charge in [-0.3, -0.25) is 9.69 Å². The average Bonchev–Trinajstić information content (AvgIpc) is 3.31. The molecule has 1 fully saturated rings. The maximum Gasteiger partial charge on any atom is 0.414 e. The molecule has 0 saturated carbocycles. The number of aromatic nitrogens is 3. The van der Waals surface area contributed by atoms with Gasteiger partial charge in [0, 0.05) is 25.9 Å². The summed E-state index contributed by atoms with van der Waals surface area (Å²) in [6.07, 6.45) is -1.30. The van der Waals surface area contributed by atoms with Crippen molar-refractivity contribution < 1.29 is 37.9 Å². The van der Waals surface area contributed by atoms with Gasteiger partial charge in [0.2, 0.25) is 0 Å². The zero-order valence-electron chi connectivity index (χ0n) is 25.0. The van der Waals surface area contributed by atoms with Crippen LogP contribution in [0.15, 0.2) is 33.7 Å². The Labute approximate surface area is 246 Å². The second-order valence-corrected chi connectivity index (χ2v) is 12.1. The molecule has 0 spiro atoms. The van der Waals surface area contributed by atoms with Crippen molar-refractivity contribution in [2.45, 2.75) is 71.4 Å². The van der Waals surface area contributed by atoms with Crippen molar-refractivity contribution in [3.8, 4) is 0 Å². The number of halogens is 1. The molecular weight excluding hydrogens is 567 g/mol. The summed E-state index contributed by atoms with van der Waals surface area (Å²) in [5.74, 6) is -2.01. The zero-order valence-corrected chi connectivity index (χ0v) is 25.0. The summed E-state index contributed by atoms with van der Waals surface area (Å²) in [6.45, 7) is 10.2. The van der Waals surface area contributed by atoms with E-state index in [4.69, 9.17) is 14.0 Å². The highest BCUT2D eigenvalue weighted by molar-refractivity contribution is 6.05. The Morgan fingerprint density at radius 1 is 1.14 bits per heavy atom. The molecule has 1 aliphatic rings. The number of carbonyl (C=O) groups is 3. The van der Waals surface area contributed by atoms with E-state index < -0.39 is 52.9 Å². The normalized spacial score (nSPS) is 17.4. The van der Waals surface area contributed by atoms with Crippen LogP contribution in [0.4, 0.5) is 31.2 Å². The number of piperidine rings is 1. The summed E-state index contributed by atoms with van der Waals surface area (Å²) in [5, 5.41) is 16.2. The first-order chi connectivity index (χ1) is 19.9. The van der Waals surface area contributed by atoms with Crippen LogP contribution in [-0.4, -0.2) is 80.4 Å². The first-order valence-electron chi connectivity index (χ1n) is 13.6. The van der Waals surface area contributed by atoms with Crippen LogP contribution in [-0.2, 0) is 9.47 Å². The molecule has 43 heavy (non-hydrogen) atoms. The summed E-state index contributed by atoms with van der Waals surface area (Å²) < 4.78 is 32.3. The van der Waals surface area contributed by atoms with Gasteiger partial charge in [0.05, 0.1) is 18.3 Å². The number of fused-ring (bicyclic) bond motifs is 1. The van der Waals surface area contributed by atoms with E-state index in [0.29, 0.717) is 0 Å². The third-order valence-corrected chi connectivity index (χ3v) is 6.39. The third kappa shape index (κ3) is 7.04. The van der Waals surface area contributed by atoms with Gasteiger partial charge in [0.1, 0.15) is 34.4 Å². The van der Waals surface area contributed by atoms with Crippen LogP contribution in [0.25, 0.3) is 11.0 Å². The number of rotatable bonds is 5. The van der Waals surface area contributed by atoms with Gasteiger partial charge in [-0.15, -0.1) is 0 Å². The number of carbonyl (C=O) groups excluding carboxylic acids is 2. The average molecular weight is 603 g/mol. The molecule has 0 bridgehead atoms. The van der Waals surface area contributed by atoms with Gasteiger partial charge in [-0.05, 0) is 60.1 Å². The Kier molecular flexibility index (Phi) is 8.38. The lowest BCUT2D eigenvalue weighted by Gasteiger charge is -2.36. The summed E-state index contributed by atoms with van der Waals surface area (Å²) >= 11 is 0. The van der Waals surface area contributed by atoms with Crippen molar-refractivity contribution in [2.75, 3.05) is 30.4 Å². The Morgan fingerprint density at radius 3 is 2.42 bits per heavy atom. The topological polar surface area (TPSA) is 169 Å². The molecule has 14 nitrogen and oxygen atoms in total. The summed E-state index contributed by atoms with van der Waals surface area (Å²) in [7, 11) is 1.41. The van der Waals surface area contributed by atoms with E-state index in [0.717, 1.165) is 4.90 Å². The lowest BCUT2D eigenvalue weighted by atomic mass is 10.0. The standard InChI is InChI=1S/C28H35FN6O8/c1-27(2,3)41-25(39)33(7)18-13-19(31-21-20(18)32-43-22(21)24(37)38)30-16-9-8-11-35(23(16)36)17-10-12-34(14-15(17)29)26(40)42-28(4,5)6/h8-9,11,13,15,17H,10,12,14H2,1-7H3,(H,30,31)(H,37,38)/t15-,17+/m0/s1. The second-order valence-electron chi connectivity index (χ2n) is 12.1. The van der Waals surface area contributed by atoms with E-state index in [1.54, 1.807) is 47.6 Å². The number of hydrogen-bond acceptors (Lipinski definition) is 10. The van der Waals surface area contributed by atoms with E-state index in [9.17, 15) is 24.3 Å². The summed E-state index contributed by atoms with van der Waals surface area (Å²) in [5.41, 5.74) is -2.19. The van der Waals surface area contributed by atoms with Gasteiger partial charge in [0.15, 0.2) is 5.52 Å². The molecule has 3 aromatic heterocycles. The van der Waals surface area contributed by atoms with E-state index in [-0.39, 0.29) is 47.7 Å². The largest absolute Gasteiger partial charge is 0.475 e. The van der Waals surface area contributed by atoms with Crippen molar-refractivity contribution in [1.29, 1.82) is 0 Å². The first kappa shape index (κ1) is 31.3. The quantitative estimate of drug-likeness (QED) is 0.414. The molecule has 3 aromatic rings. The number of nitrogens with zero attached hydrogens (tertiary/aromatic N) is 5. The summed E-state index contributed by atoms with van der Waals surface area (Å²) in [4.78, 5) is 57.2. The number of hydrogen-bond donors (Lipinski definition) is 2. The molecule has 4 rings (SSSR count). The maximum atomic E-state index is 15.3. The molecule has 0 aliphatic carbocycles. The van der Waals surface area contributed by atoms with Crippen LogP contribution in [0.3, 0.4) is 0 Å². The third-order valence-electron chi connectivity index (χ3n) is 6.39. The minimum absolute atomic E-state index is 0.00463. The first-order valence-corrected chi connectivity index (χ1v) is 13.6. The van der Waals surface area contributed by atoms with Gasteiger partial charge >= 0.3 is 18.2 Å². The van der Waals surface area contributed by atoms with Gasteiger partial charge in [-0.1, -0.05) is 5.16 Å². The highest BCUT2D eigenvalue weighted by Gasteiger charge is 2.35. The van der Waals surface area contributed by atoms with Crippen molar-refractivity contribution in [1.82, 2.24) is 19.6 Å². The van der Waals surface area contributed by atoms with E-state index in [1.165, 1.54) is 34.8 Å². The van der Waals surface area contributed by atoms with Crippen molar-refractivity contribution in [3.63, 3.8) is 0 Å². The molecule has 0 radical (unpaired) electrons. The van der Waals surface area contributed by atoms with E-state index >= 15 is 4.39 Å². The number of aromatic carboxylic acids is 1. The number of pyridine rings is 2. The minimum atomic E-state index is -1.55. The van der Waals surface area contributed by atoms with Gasteiger partial charge in [-0.2, -0.15) is 0 Å². The molecule has 2 N–H and O–H groups in total. The molecular formula is C28H35FN6O8. The van der Waals surface area contributed by atoms with Crippen LogP contribution in [0.1, 0.15) is 64.6 Å². The molecule has 232 valence electrons. The monoisotopic (exact) mass is 602 g/mol. The van der Waals surface area contributed by atoms with Gasteiger partial charge in [-0.25, -0.2) is 23.8 Å². The highest BCUT2D eigenvalue weighted by Crippen LogP contribution is 2.32. The zero-order chi connectivity index (χ0) is 31.9. The molecule has 1 saturated heterocycles. The van der Waals surface area contributed by atoms with Crippen LogP contribution in [0.5, 0.6) is 0 Å². The van der Waals surface area contributed by atoms with E-state index in [2.05, 4.69) is 15.5 Å². The molecule has 2 amide bonds. The maximum absolute atomic E-state index is 15.3. The molecule has 0 unspecified atom stereocenters. The fraction of sp³-hybridized carbons (Fsp3) is 0.500. The van der Waals surface area contributed by atoms with Crippen molar-refractivity contribution in [3.05, 3.63) is 40.5 Å². The highest BCUT2D eigenvalue weighted by atomic mass is 19.1. The molecule has 4 heterocycles. The number of alkyl halides is 1. The number of ether oxygens (including phenoxy) is 2. The van der Waals surface area contributed by atoms with Crippen LogP contribution < -0.4 is 15.8 Å². The van der Waals surface area contributed by atoms with Gasteiger partial charge < -0.3 is 33.9 Å². The van der Waals surface area contributed by atoms with Crippen LogP contribution in [0.2, 0.25) is 0 Å². The lowest BCUT2D eigenvalue weighted by Crippen LogP contribution is -2.48. The van der Waals surface area contributed by atoms with Crippen molar-refractivity contribution in [2.24, 2.45) is 0 Å². The Bertz CT molecular complexity index is 1610. The van der Waals surface area contributed by atoms with E-state index in [1.807, 2.05) is 0 Å². The fourth-order valence-corrected chi connectivity index (χ4v) is 4.50. The fourth-order valence-electron chi connectivity index (χ4n) is 4.50. The summed E-state index contributed by atoms with van der Waals surface area (Å²) in [6, 6.07) is 3.53. The molecule has 2 atom stereocenters. The second kappa shape index (κ2) is 11.5. The molecule has 1 aliphatic heterocycles. The number of carboxylic acids is 1. The number of amides is 2. The Balaban J connectivity index is 1.65. The Hall–Kier alpha value is -4.69. The minimum Gasteiger partial charge on any atom is -0.475 e. The lowest BCUT2D eigenvalue weighted by molar-refractivity contribution is 0.00647. The van der Waals surface area contributed by atoms with Crippen LogP contribution >= 0.6 is 0 Å². The molecule has 15 heteroatoms. The molecule has 0 aromatic carbocycles. The number of likely N-dealkylation sites (tertiary alicyclic amines) is 1.